The van der Waals surface area contributed by atoms with Crippen LogP contribution in [-0.2, 0) is 6.54 Å². The fraction of sp³-hybridized carbons (Fsp3) is 0.353. The average Bonchev–Trinajstić information content (AvgIpc) is 2.48. The third kappa shape index (κ3) is 4.76. The van der Waals surface area contributed by atoms with Crippen LogP contribution in [0.5, 0.6) is 11.5 Å². The van der Waals surface area contributed by atoms with Crippen molar-refractivity contribution in [1.29, 1.82) is 0 Å². The Hall–Kier alpha value is -2.07. The molecule has 1 aromatic carbocycles. The number of nitrogens with one attached hydrogen (secondary N) is 1. The van der Waals surface area contributed by atoms with Gasteiger partial charge in [-0.05, 0) is 36.7 Å². The maximum atomic E-state index is 5.90. The molecule has 1 heterocycles. The first-order chi connectivity index (χ1) is 10.2. The predicted octanol–water partition coefficient (Wildman–Crippen LogP) is 3.44. The van der Waals surface area contributed by atoms with E-state index in [1.165, 1.54) is 0 Å². The van der Waals surface area contributed by atoms with Crippen molar-refractivity contribution in [3.8, 4) is 11.5 Å². The molecule has 0 aliphatic carbocycles. The van der Waals surface area contributed by atoms with Crippen LogP contribution in [0.1, 0.15) is 18.9 Å². The number of hydrogen-bond acceptors (Lipinski definition) is 4. The van der Waals surface area contributed by atoms with E-state index in [9.17, 15) is 0 Å². The van der Waals surface area contributed by atoms with Crippen LogP contribution >= 0.6 is 0 Å². The molecule has 1 aromatic heterocycles. The van der Waals surface area contributed by atoms with Crippen LogP contribution in [0.4, 0.5) is 5.69 Å². The number of ether oxygens (including phenoxy) is 1. The molecule has 0 aliphatic heterocycles. The molecule has 0 aliphatic rings. The number of rotatable bonds is 7. The maximum Gasteiger partial charge on any atom is 0.146 e. The minimum atomic E-state index is 0.765. The molecule has 2 aromatic rings. The van der Waals surface area contributed by atoms with Crippen molar-refractivity contribution in [3.05, 3.63) is 48.3 Å². The van der Waals surface area contributed by atoms with E-state index in [0.717, 1.165) is 42.3 Å². The molecule has 1 N–H and O–H groups in total. The van der Waals surface area contributed by atoms with Gasteiger partial charge in [0.15, 0.2) is 0 Å². The highest BCUT2D eigenvalue weighted by atomic mass is 16.5. The van der Waals surface area contributed by atoms with Gasteiger partial charge in [-0.2, -0.15) is 0 Å². The summed E-state index contributed by atoms with van der Waals surface area (Å²) in [7, 11) is 4.03. The molecule has 0 saturated carbocycles. The highest BCUT2D eigenvalue weighted by Crippen LogP contribution is 2.25. The number of benzene rings is 1. The summed E-state index contributed by atoms with van der Waals surface area (Å²) < 4.78 is 5.90. The summed E-state index contributed by atoms with van der Waals surface area (Å²) in [5.41, 5.74) is 2.24. The van der Waals surface area contributed by atoms with Crippen molar-refractivity contribution in [2.45, 2.75) is 19.9 Å². The Bertz CT molecular complexity index is 569. The summed E-state index contributed by atoms with van der Waals surface area (Å²) in [6, 6.07) is 10.0. The second-order valence-corrected chi connectivity index (χ2v) is 5.20. The van der Waals surface area contributed by atoms with Crippen LogP contribution in [0, 0.1) is 0 Å². The standard InChI is InChI=1S/C17H23N3O/c1-4-8-18-11-14-9-17(13-19-12-14)21-16-7-5-6-15(10-16)20(2)3/h5-7,9-10,12-13,18H,4,8,11H2,1-3H3. The van der Waals surface area contributed by atoms with Crippen LogP contribution in [0.3, 0.4) is 0 Å². The highest BCUT2D eigenvalue weighted by molar-refractivity contribution is 5.50. The molecule has 21 heavy (non-hydrogen) atoms. The van der Waals surface area contributed by atoms with Gasteiger partial charge >= 0.3 is 0 Å². The minimum Gasteiger partial charge on any atom is -0.456 e. The normalized spacial score (nSPS) is 10.4. The van der Waals surface area contributed by atoms with E-state index in [1.807, 2.05) is 44.6 Å². The Morgan fingerprint density at radius 3 is 2.76 bits per heavy atom. The Morgan fingerprint density at radius 2 is 2.00 bits per heavy atom. The molecule has 0 bridgehead atoms. The molecular weight excluding hydrogens is 262 g/mol. The van der Waals surface area contributed by atoms with Crippen LogP contribution in [0.15, 0.2) is 42.7 Å². The summed E-state index contributed by atoms with van der Waals surface area (Å²) in [6.07, 6.45) is 4.73. The van der Waals surface area contributed by atoms with E-state index in [0.29, 0.717) is 0 Å². The zero-order chi connectivity index (χ0) is 15.1. The van der Waals surface area contributed by atoms with Gasteiger partial charge in [-0.1, -0.05) is 13.0 Å². The number of aromatic nitrogens is 1. The second-order valence-electron chi connectivity index (χ2n) is 5.20. The van der Waals surface area contributed by atoms with E-state index in [-0.39, 0.29) is 0 Å². The molecule has 0 saturated heterocycles. The topological polar surface area (TPSA) is 37.4 Å². The van der Waals surface area contributed by atoms with Gasteiger partial charge in [-0.3, -0.25) is 4.98 Å². The minimum absolute atomic E-state index is 0.765. The van der Waals surface area contributed by atoms with E-state index < -0.39 is 0 Å². The molecule has 0 amide bonds. The van der Waals surface area contributed by atoms with Crippen molar-refractivity contribution in [2.24, 2.45) is 0 Å². The van der Waals surface area contributed by atoms with Crippen molar-refractivity contribution in [2.75, 3.05) is 25.5 Å². The van der Waals surface area contributed by atoms with E-state index in [4.69, 9.17) is 4.74 Å². The fourth-order valence-electron chi connectivity index (χ4n) is 1.99. The van der Waals surface area contributed by atoms with Crippen LogP contribution in [0.2, 0.25) is 0 Å². The van der Waals surface area contributed by atoms with Gasteiger partial charge in [0.25, 0.3) is 0 Å². The fourth-order valence-corrected chi connectivity index (χ4v) is 1.99. The van der Waals surface area contributed by atoms with Crippen molar-refractivity contribution >= 4 is 5.69 Å². The Labute approximate surface area is 126 Å². The molecule has 0 fully saturated rings. The van der Waals surface area contributed by atoms with E-state index in [2.05, 4.69) is 28.2 Å². The third-order valence-electron chi connectivity index (χ3n) is 3.10. The molecule has 0 radical (unpaired) electrons. The van der Waals surface area contributed by atoms with Gasteiger partial charge in [0.2, 0.25) is 0 Å². The SMILES string of the molecule is CCCNCc1cncc(Oc2cccc(N(C)C)c2)c1. The van der Waals surface area contributed by atoms with Gasteiger partial charge in [0, 0.05) is 38.6 Å². The number of nitrogens with zero attached hydrogens (tertiary/aromatic N) is 2. The van der Waals surface area contributed by atoms with Gasteiger partial charge in [-0.15, -0.1) is 0 Å². The molecule has 0 spiro atoms. The summed E-state index contributed by atoms with van der Waals surface area (Å²) in [5, 5.41) is 3.36. The first-order valence-electron chi connectivity index (χ1n) is 7.29. The van der Waals surface area contributed by atoms with E-state index >= 15 is 0 Å². The first-order valence-corrected chi connectivity index (χ1v) is 7.29. The lowest BCUT2D eigenvalue weighted by Crippen LogP contribution is -2.13. The smallest absolute Gasteiger partial charge is 0.146 e. The molecule has 112 valence electrons. The van der Waals surface area contributed by atoms with Crippen LogP contribution in [-0.4, -0.2) is 25.6 Å². The summed E-state index contributed by atoms with van der Waals surface area (Å²) >= 11 is 0. The number of anilines is 1. The summed E-state index contributed by atoms with van der Waals surface area (Å²) in [4.78, 5) is 6.29. The monoisotopic (exact) mass is 285 g/mol. The lowest BCUT2D eigenvalue weighted by Gasteiger charge is -2.14. The molecule has 4 heteroatoms. The molecule has 4 nitrogen and oxygen atoms in total. The number of pyridine rings is 1. The van der Waals surface area contributed by atoms with Crippen molar-refractivity contribution in [1.82, 2.24) is 10.3 Å². The summed E-state index contributed by atoms with van der Waals surface area (Å²) in [5.74, 6) is 1.59. The largest absolute Gasteiger partial charge is 0.456 e. The predicted molar refractivity (Wildman–Crippen MR) is 87.1 cm³/mol. The Morgan fingerprint density at radius 1 is 1.14 bits per heavy atom. The quantitative estimate of drug-likeness (QED) is 0.791. The molecule has 2 rings (SSSR count). The molecule has 0 atom stereocenters. The van der Waals surface area contributed by atoms with Gasteiger partial charge in [-0.25, -0.2) is 0 Å². The van der Waals surface area contributed by atoms with Crippen molar-refractivity contribution in [3.63, 3.8) is 0 Å². The van der Waals surface area contributed by atoms with Gasteiger partial charge in [0.05, 0.1) is 6.20 Å². The first kappa shape index (κ1) is 15.3. The van der Waals surface area contributed by atoms with E-state index in [1.54, 1.807) is 6.20 Å². The zero-order valence-corrected chi connectivity index (χ0v) is 13.0. The maximum absolute atomic E-state index is 5.90. The Balaban J connectivity index is 2.05. The summed E-state index contributed by atoms with van der Waals surface area (Å²) in [6.45, 7) is 3.98. The van der Waals surface area contributed by atoms with Gasteiger partial charge < -0.3 is 15.0 Å². The third-order valence-corrected chi connectivity index (χ3v) is 3.10. The van der Waals surface area contributed by atoms with Crippen molar-refractivity contribution < 1.29 is 4.74 Å². The zero-order valence-electron chi connectivity index (χ0n) is 13.0. The van der Waals surface area contributed by atoms with Gasteiger partial charge in [0.1, 0.15) is 11.5 Å². The Kier molecular flexibility index (Phi) is 5.58. The lowest BCUT2D eigenvalue weighted by molar-refractivity contribution is 0.479. The molecule has 0 unspecified atom stereocenters. The van der Waals surface area contributed by atoms with Crippen LogP contribution in [0.25, 0.3) is 0 Å². The van der Waals surface area contributed by atoms with Crippen LogP contribution < -0.4 is 15.0 Å². The highest BCUT2D eigenvalue weighted by Gasteiger charge is 2.02. The lowest BCUT2D eigenvalue weighted by atomic mass is 10.2. The second kappa shape index (κ2) is 7.64. The molecular formula is C17H23N3O. The average molecular weight is 285 g/mol. The number of hydrogen-bond donors (Lipinski definition) is 1.